The van der Waals surface area contributed by atoms with Crippen LogP contribution in [-0.2, 0) is 11.2 Å². The Hall–Kier alpha value is -3.92. The van der Waals surface area contributed by atoms with Crippen molar-refractivity contribution in [3.8, 4) is 29.1 Å². The lowest BCUT2D eigenvalue weighted by atomic mass is 10.1. The van der Waals surface area contributed by atoms with Gasteiger partial charge in [0.25, 0.3) is 5.91 Å². The van der Waals surface area contributed by atoms with Crippen LogP contribution in [0.3, 0.4) is 0 Å². The summed E-state index contributed by atoms with van der Waals surface area (Å²) in [5.74, 6) is 0.583. The Bertz CT molecular complexity index is 954. The number of hydrogen-bond acceptors (Lipinski definition) is 6. The second-order valence-corrected chi connectivity index (χ2v) is 6.03. The predicted molar refractivity (Wildman–Crippen MR) is 120 cm³/mol. The van der Waals surface area contributed by atoms with Crippen molar-refractivity contribution in [1.82, 2.24) is 5.32 Å². The maximum atomic E-state index is 12.2. The number of ether oxygens (including phenoxy) is 2. The van der Waals surface area contributed by atoms with Crippen LogP contribution < -0.4 is 14.8 Å². The molecule has 31 heavy (non-hydrogen) atoms. The van der Waals surface area contributed by atoms with E-state index in [1.807, 2.05) is 32.0 Å². The van der Waals surface area contributed by atoms with Gasteiger partial charge in [0.05, 0.1) is 14.2 Å². The van der Waals surface area contributed by atoms with Crippen molar-refractivity contribution in [2.24, 2.45) is 0 Å². The minimum absolute atomic E-state index is 0.0575. The highest BCUT2D eigenvalue weighted by Crippen LogP contribution is 2.27. The van der Waals surface area contributed by atoms with Crippen LogP contribution in [0.5, 0.6) is 23.0 Å². The first-order valence-electron chi connectivity index (χ1n) is 9.77. The molecule has 0 saturated heterocycles. The molecule has 0 heterocycles. The molecule has 0 bridgehead atoms. The lowest BCUT2D eigenvalue weighted by Crippen LogP contribution is -2.26. The van der Waals surface area contributed by atoms with Crippen LogP contribution in [0, 0.1) is 11.3 Å². The summed E-state index contributed by atoms with van der Waals surface area (Å²) in [6.45, 7) is 4.34. The van der Waals surface area contributed by atoms with E-state index < -0.39 is 5.91 Å². The number of nitrogens with zero attached hydrogens (tertiary/aromatic N) is 1. The smallest absolute Gasteiger partial charge is 0.261 e. The van der Waals surface area contributed by atoms with E-state index in [4.69, 9.17) is 9.47 Å². The second kappa shape index (κ2) is 13.3. The first kappa shape index (κ1) is 25.1. The quantitative estimate of drug-likeness (QED) is 0.336. The number of phenolic OH excluding ortho intramolecular Hbond substituents is 2. The first-order valence-corrected chi connectivity index (χ1v) is 9.77. The molecule has 2 aromatic rings. The number of rotatable bonds is 8. The van der Waals surface area contributed by atoms with E-state index in [1.54, 1.807) is 26.4 Å². The van der Waals surface area contributed by atoms with Crippen molar-refractivity contribution in [3.05, 3.63) is 65.3 Å². The Kier molecular flexibility index (Phi) is 10.8. The third-order valence-electron chi connectivity index (χ3n) is 3.99. The summed E-state index contributed by atoms with van der Waals surface area (Å²) in [6.07, 6.45) is 4.99. The van der Waals surface area contributed by atoms with E-state index in [1.165, 1.54) is 30.4 Å². The number of methoxy groups -OCH3 is 2. The van der Waals surface area contributed by atoms with Crippen LogP contribution in [0.1, 0.15) is 25.0 Å². The van der Waals surface area contributed by atoms with Crippen molar-refractivity contribution in [2.75, 3.05) is 20.8 Å². The molecular formula is C24H28N2O5. The highest BCUT2D eigenvalue weighted by atomic mass is 16.5. The Morgan fingerprint density at radius 3 is 2.29 bits per heavy atom. The zero-order chi connectivity index (χ0) is 23.2. The van der Waals surface area contributed by atoms with Crippen LogP contribution in [0.15, 0.2) is 54.1 Å². The van der Waals surface area contributed by atoms with E-state index >= 15 is 0 Å². The van der Waals surface area contributed by atoms with Gasteiger partial charge in [-0.2, -0.15) is 5.26 Å². The van der Waals surface area contributed by atoms with E-state index in [-0.39, 0.29) is 17.1 Å². The number of nitriles is 1. The van der Waals surface area contributed by atoms with Crippen LogP contribution in [-0.4, -0.2) is 36.9 Å². The summed E-state index contributed by atoms with van der Waals surface area (Å²) in [6, 6.07) is 11.5. The van der Waals surface area contributed by atoms with Gasteiger partial charge in [0.2, 0.25) is 0 Å². The predicted octanol–water partition coefficient (Wildman–Crippen LogP) is 3.96. The highest BCUT2D eigenvalue weighted by molar-refractivity contribution is 5.97. The fraction of sp³-hybridized carbons (Fsp3) is 0.250. The number of carbonyl (C=O) groups is 1. The molecule has 7 nitrogen and oxygen atoms in total. The van der Waals surface area contributed by atoms with Gasteiger partial charge in [0.1, 0.15) is 23.1 Å². The number of hydrogen-bond donors (Lipinski definition) is 3. The number of carbonyl (C=O) groups excluding carboxylic acids is 1. The molecule has 0 aliphatic carbocycles. The van der Waals surface area contributed by atoms with Gasteiger partial charge in [-0.25, -0.2) is 0 Å². The molecule has 7 heteroatoms. The topological polar surface area (TPSA) is 112 Å². The first-order chi connectivity index (χ1) is 15.0. The minimum Gasteiger partial charge on any atom is -0.508 e. The molecule has 0 fully saturated rings. The maximum absolute atomic E-state index is 12.2. The van der Waals surface area contributed by atoms with Crippen LogP contribution in [0.2, 0.25) is 0 Å². The van der Waals surface area contributed by atoms with Crippen molar-refractivity contribution >= 4 is 12.0 Å². The Morgan fingerprint density at radius 2 is 1.71 bits per heavy atom. The fourth-order valence-electron chi connectivity index (χ4n) is 2.59. The number of allylic oxidation sites excluding steroid dienone is 2. The molecule has 0 aliphatic heterocycles. The molecule has 0 aliphatic rings. The Morgan fingerprint density at radius 1 is 1.06 bits per heavy atom. The van der Waals surface area contributed by atoms with Gasteiger partial charge < -0.3 is 25.0 Å². The molecular weight excluding hydrogens is 396 g/mol. The summed E-state index contributed by atoms with van der Waals surface area (Å²) in [7, 11) is 3.12. The van der Waals surface area contributed by atoms with Gasteiger partial charge >= 0.3 is 0 Å². The maximum Gasteiger partial charge on any atom is 0.261 e. The standard InChI is InChI=1S/C22H22N2O5.C2H6/c1-28-20-7-6-15(12-21(20)29-2)8-9-24-22(27)17(14-23)5-3-4-16-10-18(25)13-19(26)11-16;1-2/h3-7,10-13,25-26H,8-9H2,1-2H3,(H,24,27);1-2H3/b4-3+,17-5+;. The Balaban J connectivity index is 0.00000233. The van der Waals surface area contributed by atoms with Gasteiger partial charge in [0.15, 0.2) is 11.5 Å². The molecule has 0 unspecified atom stereocenters. The molecule has 2 rings (SSSR count). The lowest BCUT2D eigenvalue weighted by molar-refractivity contribution is -0.117. The van der Waals surface area contributed by atoms with Gasteiger partial charge in [0, 0.05) is 12.6 Å². The van der Waals surface area contributed by atoms with Crippen LogP contribution in [0.25, 0.3) is 6.08 Å². The van der Waals surface area contributed by atoms with Crippen molar-refractivity contribution < 1.29 is 24.5 Å². The zero-order valence-electron chi connectivity index (χ0n) is 18.2. The third kappa shape index (κ3) is 8.15. The minimum atomic E-state index is -0.489. The summed E-state index contributed by atoms with van der Waals surface area (Å²) in [4.78, 5) is 12.2. The molecule has 3 N–H and O–H groups in total. The molecule has 164 valence electrons. The number of benzene rings is 2. The SMILES string of the molecule is CC.COc1ccc(CCNC(=O)/C(C#N)=C/C=C/c2cc(O)cc(O)c2)cc1OC. The van der Waals surface area contributed by atoms with Gasteiger partial charge in [-0.05, 0) is 47.9 Å². The van der Waals surface area contributed by atoms with Crippen molar-refractivity contribution in [1.29, 1.82) is 5.26 Å². The number of nitrogens with one attached hydrogen (secondary N) is 1. The number of amides is 1. The highest BCUT2D eigenvalue weighted by Gasteiger charge is 2.08. The van der Waals surface area contributed by atoms with Gasteiger partial charge in [-0.3, -0.25) is 4.79 Å². The second-order valence-electron chi connectivity index (χ2n) is 6.03. The van der Waals surface area contributed by atoms with Gasteiger partial charge in [-0.1, -0.05) is 32.1 Å². The average molecular weight is 424 g/mol. The average Bonchev–Trinajstić information content (AvgIpc) is 2.77. The van der Waals surface area contributed by atoms with E-state index in [2.05, 4.69) is 5.32 Å². The van der Waals surface area contributed by atoms with E-state index in [9.17, 15) is 20.3 Å². The molecule has 0 saturated carbocycles. The molecule has 1 amide bonds. The molecule has 0 aromatic heterocycles. The number of aromatic hydroxyl groups is 2. The molecule has 0 spiro atoms. The largest absolute Gasteiger partial charge is 0.508 e. The van der Waals surface area contributed by atoms with Crippen molar-refractivity contribution in [3.63, 3.8) is 0 Å². The Labute approximate surface area is 182 Å². The summed E-state index contributed by atoms with van der Waals surface area (Å²) >= 11 is 0. The zero-order valence-corrected chi connectivity index (χ0v) is 18.2. The molecule has 2 aromatic carbocycles. The van der Waals surface area contributed by atoms with Crippen molar-refractivity contribution in [2.45, 2.75) is 20.3 Å². The lowest BCUT2D eigenvalue weighted by Gasteiger charge is -2.10. The summed E-state index contributed by atoms with van der Waals surface area (Å²) < 4.78 is 10.4. The third-order valence-corrected chi connectivity index (χ3v) is 3.99. The monoisotopic (exact) mass is 424 g/mol. The molecule has 0 radical (unpaired) electrons. The van der Waals surface area contributed by atoms with Crippen LogP contribution >= 0.6 is 0 Å². The fourth-order valence-corrected chi connectivity index (χ4v) is 2.59. The van der Waals surface area contributed by atoms with E-state index in [0.717, 1.165) is 5.56 Å². The van der Waals surface area contributed by atoms with Gasteiger partial charge in [-0.15, -0.1) is 0 Å². The van der Waals surface area contributed by atoms with Crippen LogP contribution in [0.4, 0.5) is 0 Å². The summed E-state index contributed by atoms with van der Waals surface area (Å²) in [5.41, 5.74) is 1.43. The van der Waals surface area contributed by atoms with E-state index in [0.29, 0.717) is 30.0 Å². The number of phenols is 2. The molecule has 0 atom stereocenters. The normalized spacial score (nSPS) is 10.6. The summed E-state index contributed by atoms with van der Waals surface area (Å²) in [5, 5.41) is 30.8.